The molecule has 0 aromatic carbocycles. The molecule has 2 aliphatic carbocycles. The summed E-state index contributed by atoms with van der Waals surface area (Å²) in [5, 5.41) is 0. The summed E-state index contributed by atoms with van der Waals surface area (Å²) < 4.78 is 5.60. The zero-order chi connectivity index (χ0) is 16.3. The number of allylic oxidation sites excluding steroid dienone is 3. The quantitative estimate of drug-likeness (QED) is 0.419. The molecule has 0 aromatic heterocycles. The van der Waals surface area contributed by atoms with Gasteiger partial charge < -0.3 is 4.74 Å². The van der Waals surface area contributed by atoms with E-state index in [4.69, 9.17) is 11.2 Å². The molecule has 2 fully saturated rings. The summed E-state index contributed by atoms with van der Waals surface area (Å²) in [6.07, 6.45) is 15.2. The molecule has 0 heterocycles. The van der Waals surface area contributed by atoms with Crippen molar-refractivity contribution in [1.82, 2.24) is 0 Å². The number of ether oxygens (including phenoxy) is 1. The fourth-order valence-electron chi connectivity index (χ4n) is 3.57. The molecule has 2 heteroatoms. The fourth-order valence-corrected chi connectivity index (χ4v) is 3.57. The molecule has 0 N–H and O–H groups in total. The minimum absolute atomic E-state index is 0.00576. The molecule has 2 aliphatic rings. The van der Waals surface area contributed by atoms with Crippen molar-refractivity contribution >= 4 is 5.97 Å². The van der Waals surface area contributed by atoms with Gasteiger partial charge in [-0.25, -0.2) is 0 Å². The highest BCUT2D eigenvalue weighted by Crippen LogP contribution is 2.60. The Morgan fingerprint density at radius 3 is 2.64 bits per heavy atom. The summed E-state index contributed by atoms with van der Waals surface area (Å²) >= 11 is 0. The second-order valence-corrected chi connectivity index (χ2v) is 7.20. The third-order valence-corrected chi connectivity index (χ3v) is 5.15. The van der Waals surface area contributed by atoms with Gasteiger partial charge >= 0.3 is 5.97 Å². The number of hydrogen-bond donors (Lipinski definition) is 0. The van der Waals surface area contributed by atoms with Crippen LogP contribution in [0, 0.1) is 29.6 Å². The van der Waals surface area contributed by atoms with Crippen molar-refractivity contribution in [2.75, 3.05) is 0 Å². The van der Waals surface area contributed by atoms with Crippen LogP contribution in [0.2, 0.25) is 0 Å². The summed E-state index contributed by atoms with van der Waals surface area (Å²) in [4.78, 5) is 12.5. The Bertz CT molecular complexity index is 522. The predicted octanol–water partition coefficient (Wildman–Crippen LogP) is 4.66. The maximum atomic E-state index is 12.5. The van der Waals surface area contributed by atoms with Crippen LogP contribution in [-0.2, 0) is 9.53 Å². The average molecular weight is 300 g/mol. The third-order valence-electron chi connectivity index (χ3n) is 5.15. The highest BCUT2D eigenvalue weighted by Gasteiger charge is 2.61. The Balaban J connectivity index is 2.02. The maximum Gasteiger partial charge on any atom is 0.311 e. The molecule has 0 aromatic rings. The molecule has 0 saturated heterocycles. The Hall–Kier alpha value is -1.49. The molecule has 0 spiro atoms. The van der Waals surface area contributed by atoms with Crippen molar-refractivity contribution in [3.63, 3.8) is 0 Å². The molecule has 0 aliphatic heterocycles. The smallest absolute Gasteiger partial charge is 0.311 e. The van der Waals surface area contributed by atoms with E-state index in [1.54, 1.807) is 0 Å². The normalized spacial score (nSPS) is 28.0. The summed E-state index contributed by atoms with van der Waals surface area (Å²) in [5.41, 5.74) is 2.46. The highest BCUT2D eigenvalue weighted by atomic mass is 16.5. The molecule has 0 radical (unpaired) electrons. The molecule has 2 rings (SSSR count). The molecule has 2 saturated carbocycles. The lowest BCUT2D eigenvalue weighted by Crippen LogP contribution is -2.20. The maximum absolute atomic E-state index is 12.5. The largest absolute Gasteiger partial charge is 0.444 e. The molecular formula is C20H28O2. The lowest BCUT2D eigenvalue weighted by atomic mass is 10.1. The van der Waals surface area contributed by atoms with E-state index in [2.05, 4.69) is 25.8 Å². The standard InChI is InChI=1S/C20H28O2/c1-6-10-14(3)17(7-2)22-19(21)18-16(20(18,4)5)13-15-11-8-9-12-15/h2,10,13,16-18H,6,8-9,11-12H2,1,3-5H3. The van der Waals surface area contributed by atoms with E-state index in [0.717, 1.165) is 12.0 Å². The van der Waals surface area contributed by atoms with Crippen molar-refractivity contribution < 1.29 is 9.53 Å². The first-order valence-corrected chi connectivity index (χ1v) is 8.44. The van der Waals surface area contributed by atoms with Crippen molar-refractivity contribution in [2.45, 2.75) is 65.9 Å². The molecule has 0 bridgehead atoms. The molecule has 120 valence electrons. The molecule has 3 unspecified atom stereocenters. The zero-order valence-corrected chi connectivity index (χ0v) is 14.3. The van der Waals surface area contributed by atoms with Crippen LogP contribution in [0.15, 0.2) is 23.3 Å². The van der Waals surface area contributed by atoms with Crippen LogP contribution < -0.4 is 0 Å². The number of rotatable bonds is 5. The number of carbonyl (C=O) groups is 1. The van der Waals surface area contributed by atoms with Gasteiger partial charge in [0.1, 0.15) is 0 Å². The topological polar surface area (TPSA) is 26.3 Å². The summed E-state index contributed by atoms with van der Waals surface area (Å²) in [6, 6.07) is 0. The van der Waals surface area contributed by atoms with Gasteiger partial charge in [-0.2, -0.15) is 0 Å². The molecule has 22 heavy (non-hydrogen) atoms. The fraction of sp³-hybridized carbons (Fsp3) is 0.650. The average Bonchev–Trinajstić information content (AvgIpc) is 2.81. The number of terminal acetylenes is 1. The van der Waals surface area contributed by atoms with Gasteiger partial charge in [0, 0.05) is 0 Å². The van der Waals surface area contributed by atoms with E-state index >= 15 is 0 Å². The Labute approximate surface area is 135 Å². The van der Waals surface area contributed by atoms with Gasteiger partial charge in [-0.15, -0.1) is 6.42 Å². The molecule has 0 amide bonds. The van der Waals surface area contributed by atoms with E-state index in [9.17, 15) is 4.79 Å². The van der Waals surface area contributed by atoms with E-state index in [1.807, 2.05) is 19.9 Å². The first kappa shape index (κ1) is 16.9. The zero-order valence-electron chi connectivity index (χ0n) is 14.3. The van der Waals surface area contributed by atoms with Gasteiger partial charge in [-0.1, -0.05) is 44.4 Å². The molecular weight excluding hydrogens is 272 g/mol. The van der Waals surface area contributed by atoms with Crippen LogP contribution in [0.5, 0.6) is 0 Å². The first-order chi connectivity index (χ1) is 10.4. The van der Waals surface area contributed by atoms with Gasteiger partial charge in [0.05, 0.1) is 5.92 Å². The van der Waals surface area contributed by atoms with Gasteiger partial charge in [0.2, 0.25) is 0 Å². The van der Waals surface area contributed by atoms with Crippen molar-refractivity contribution in [2.24, 2.45) is 17.3 Å². The Kier molecular flexibility index (Phi) is 5.16. The van der Waals surface area contributed by atoms with Crippen LogP contribution in [0.1, 0.15) is 59.8 Å². The number of carbonyl (C=O) groups excluding carboxylic acids is 1. The van der Waals surface area contributed by atoms with Crippen molar-refractivity contribution in [1.29, 1.82) is 0 Å². The van der Waals surface area contributed by atoms with Gasteiger partial charge in [0.15, 0.2) is 6.10 Å². The minimum atomic E-state index is -0.524. The third kappa shape index (κ3) is 3.46. The van der Waals surface area contributed by atoms with Gasteiger partial charge in [-0.05, 0) is 55.9 Å². The van der Waals surface area contributed by atoms with E-state index in [0.29, 0.717) is 5.92 Å². The summed E-state index contributed by atoms with van der Waals surface area (Å²) in [5.74, 6) is 2.70. The van der Waals surface area contributed by atoms with Gasteiger partial charge in [0.25, 0.3) is 0 Å². The lowest BCUT2D eigenvalue weighted by Gasteiger charge is -2.13. The molecule has 2 nitrogen and oxygen atoms in total. The van der Waals surface area contributed by atoms with Crippen molar-refractivity contribution in [3.8, 4) is 12.3 Å². The highest BCUT2D eigenvalue weighted by molar-refractivity contribution is 5.79. The van der Waals surface area contributed by atoms with E-state index < -0.39 is 6.10 Å². The van der Waals surface area contributed by atoms with Crippen LogP contribution in [0.3, 0.4) is 0 Å². The predicted molar refractivity (Wildman–Crippen MR) is 90.1 cm³/mol. The second-order valence-electron chi connectivity index (χ2n) is 7.20. The Morgan fingerprint density at radius 2 is 2.09 bits per heavy atom. The lowest BCUT2D eigenvalue weighted by molar-refractivity contribution is -0.147. The van der Waals surface area contributed by atoms with E-state index in [-0.39, 0.29) is 17.3 Å². The molecule has 3 atom stereocenters. The van der Waals surface area contributed by atoms with Crippen LogP contribution in [0.25, 0.3) is 0 Å². The van der Waals surface area contributed by atoms with Crippen molar-refractivity contribution in [3.05, 3.63) is 23.3 Å². The van der Waals surface area contributed by atoms with Gasteiger partial charge in [-0.3, -0.25) is 4.79 Å². The van der Waals surface area contributed by atoms with Crippen LogP contribution in [0.4, 0.5) is 0 Å². The summed E-state index contributed by atoms with van der Waals surface area (Å²) in [6.45, 7) is 8.27. The van der Waals surface area contributed by atoms with Crippen LogP contribution >= 0.6 is 0 Å². The van der Waals surface area contributed by atoms with Crippen LogP contribution in [-0.4, -0.2) is 12.1 Å². The summed E-state index contributed by atoms with van der Waals surface area (Å²) in [7, 11) is 0. The number of hydrogen-bond acceptors (Lipinski definition) is 2. The van der Waals surface area contributed by atoms with E-state index in [1.165, 1.54) is 31.3 Å². The monoisotopic (exact) mass is 300 g/mol. The SMILES string of the molecule is C#CC(OC(=O)C1C(C=C2CCCC2)C1(C)C)C(C)=CCC. The Morgan fingerprint density at radius 1 is 1.45 bits per heavy atom. The minimum Gasteiger partial charge on any atom is -0.444 e. The first-order valence-electron chi connectivity index (χ1n) is 8.44. The second kappa shape index (κ2) is 6.73. The number of esters is 1.